The summed E-state index contributed by atoms with van der Waals surface area (Å²) >= 11 is 6.43. The molecular weight excluding hydrogens is 384 g/mol. The second kappa shape index (κ2) is 8.88. The Morgan fingerprint density at radius 3 is 2.52 bits per heavy atom. The highest BCUT2D eigenvalue weighted by Crippen LogP contribution is 2.24. The van der Waals surface area contributed by atoms with Gasteiger partial charge in [0.1, 0.15) is 23.9 Å². The van der Waals surface area contributed by atoms with Crippen LogP contribution in [-0.4, -0.2) is 41.4 Å². The van der Waals surface area contributed by atoms with Crippen molar-refractivity contribution in [3.63, 3.8) is 0 Å². The van der Waals surface area contributed by atoms with Crippen LogP contribution in [0.5, 0.6) is 17.2 Å². The number of hydrogen-bond acceptors (Lipinski definition) is 7. The fraction of sp³-hybridized carbons (Fsp3) is 0.211. The molecule has 1 fully saturated rings. The van der Waals surface area contributed by atoms with Gasteiger partial charge >= 0.3 is 0 Å². The van der Waals surface area contributed by atoms with Gasteiger partial charge < -0.3 is 14.2 Å². The minimum atomic E-state index is -0.113. The van der Waals surface area contributed by atoms with Crippen LogP contribution in [0, 0.1) is 0 Å². The molecule has 2 aromatic rings. The molecule has 1 saturated heterocycles. The van der Waals surface area contributed by atoms with Crippen LogP contribution in [0.2, 0.25) is 0 Å². The van der Waals surface area contributed by atoms with Crippen LogP contribution in [0.4, 0.5) is 0 Å². The summed E-state index contributed by atoms with van der Waals surface area (Å²) in [7, 11) is 3.23. The molecule has 2 aromatic carbocycles. The van der Waals surface area contributed by atoms with Gasteiger partial charge in [0.25, 0.3) is 5.91 Å². The summed E-state index contributed by atoms with van der Waals surface area (Å²) in [6.45, 7) is 0.327. The van der Waals surface area contributed by atoms with Gasteiger partial charge in [-0.15, -0.1) is 0 Å². The third-order valence-electron chi connectivity index (χ3n) is 3.81. The number of hydrogen-bond donors (Lipinski definition) is 0. The summed E-state index contributed by atoms with van der Waals surface area (Å²) in [4.78, 5) is 11.7. The van der Waals surface area contributed by atoms with Crippen LogP contribution in [-0.2, 0) is 11.4 Å². The van der Waals surface area contributed by atoms with Gasteiger partial charge in [0, 0.05) is 5.56 Å². The van der Waals surface area contributed by atoms with E-state index < -0.39 is 0 Å². The van der Waals surface area contributed by atoms with Crippen LogP contribution in [0.3, 0.4) is 0 Å². The van der Waals surface area contributed by atoms with Crippen LogP contribution in [0.25, 0.3) is 0 Å². The number of thioether (sulfide) groups is 1. The number of hydrazone groups is 1. The number of nitrogens with zero attached hydrogens (tertiary/aromatic N) is 2. The SMILES string of the molecule is COc1ccc(OCc2cc(/C=N\N3C(=O)CSC3=S)ccc2OC)cc1. The highest BCUT2D eigenvalue weighted by molar-refractivity contribution is 8.23. The lowest BCUT2D eigenvalue weighted by molar-refractivity contribution is -0.123. The van der Waals surface area contributed by atoms with Gasteiger partial charge in [0.15, 0.2) is 4.32 Å². The largest absolute Gasteiger partial charge is 0.497 e. The van der Waals surface area contributed by atoms with Crippen LogP contribution < -0.4 is 14.2 Å². The summed E-state index contributed by atoms with van der Waals surface area (Å²) in [6, 6.07) is 13.0. The normalized spacial score (nSPS) is 14.1. The molecule has 0 bridgehead atoms. The summed E-state index contributed by atoms with van der Waals surface area (Å²) < 4.78 is 16.8. The molecule has 0 N–H and O–H groups in total. The van der Waals surface area contributed by atoms with E-state index in [0.29, 0.717) is 22.4 Å². The van der Waals surface area contributed by atoms with Crippen molar-refractivity contribution >= 4 is 40.4 Å². The second-order valence-electron chi connectivity index (χ2n) is 5.54. The highest BCUT2D eigenvalue weighted by Gasteiger charge is 2.25. The molecule has 6 nitrogen and oxygen atoms in total. The van der Waals surface area contributed by atoms with E-state index in [1.165, 1.54) is 16.8 Å². The van der Waals surface area contributed by atoms with E-state index in [1.54, 1.807) is 20.4 Å². The lowest BCUT2D eigenvalue weighted by Crippen LogP contribution is -2.22. The smallest absolute Gasteiger partial charge is 0.259 e. The number of benzene rings is 2. The summed E-state index contributed by atoms with van der Waals surface area (Å²) in [5.74, 6) is 2.43. The molecule has 1 aliphatic rings. The van der Waals surface area contributed by atoms with Crippen molar-refractivity contribution in [2.75, 3.05) is 20.0 Å². The maximum atomic E-state index is 11.7. The molecule has 3 rings (SSSR count). The molecule has 0 atom stereocenters. The van der Waals surface area contributed by atoms with Gasteiger partial charge in [0.05, 0.1) is 26.2 Å². The fourth-order valence-corrected chi connectivity index (χ4v) is 3.37. The molecule has 0 spiro atoms. The topological polar surface area (TPSA) is 60.4 Å². The number of rotatable bonds is 7. The Labute approximate surface area is 167 Å². The molecule has 1 amide bonds. The first-order chi connectivity index (χ1) is 13.1. The molecule has 1 aliphatic heterocycles. The molecule has 8 heteroatoms. The number of methoxy groups -OCH3 is 2. The Kier molecular flexibility index (Phi) is 6.31. The Morgan fingerprint density at radius 2 is 1.89 bits per heavy atom. The molecule has 0 radical (unpaired) electrons. The van der Waals surface area contributed by atoms with Gasteiger partial charge in [-0.05, 0) is 48.0 Å². The van der Waals surface area contributed by atoms with Crippen molar-refractivity contribution in [1.29, 1.82) is 0 Å². The Bertz CT molecular complexity index is 853. The fourth-order valence-electron chi connectivity index (χ4n) is 2.41. The lowest BCUT2D eigenvalue weighted by Gasteiger charge is -2.12. The first-order valence-corrected chi connectivity index (χ1v) is 9.47. The van der Waals surface area contributed by atoms with Crippen LogP contribution >= 0.6 is 24.0 Å². The number of thiocarbonyl (C=S) groups is 1. The Balaban J connectivity index is 1.72. The minimum absolute atomic E-state index is 0.113. The monoisotopic (exact) mass is 402 g/mol. The van der Waals surface area contributed by atoms with E-state index in [9.17, 15) is 4.79 Å². The van der Waals surface area contributed by atoms with Crippen LogP contribution in [0.15, 0.2) is 47.6 Å². The molecular formula is C19H18N2O4S2. The zero-order valence-electron chi connectivity index (χ0n) is 14.9. The van der Waals surface area contributed by atoms with Gasteiger partial charge in [-0.2, -0.15) is 10.1 Å². The number of ether oxygens (including phenoxy) is 3. The summed E-state index contributed by atoms with van der Waals surface area (Å²) in [5, 5.41) is 5.44. The Morgan fingerprint density at radius 1 is 1.15 bits per heavy atom. The predicted octanol–water partition coefficient (Wildman–Crippen LogP) is 3.48. The van der Waals surface area contributed by atoms with Gasteiger partial charge in [-0.25, -0.2) is 0 Å². The van der Waals surface area contributed by atoms with Crippen molar-refractivity contribution in [2.45, 2.75) is 6.61 Å². The number of carbonyl (C=O) groups is 1. The third kappa shape index (κ3) is 4.78. The maximum absolute atomic E-state index is 11.7. The third-order valence-corrected chi connectivity index (χ3v) is 5.15. The predicted molar refractivity (Wildman–Crippen MR) is 110 cm³/mol. The van der Waals surface area contributed by atoms with Crippen molar-refractivity contribution in [3.05, 3.63) is 53.6 Å². The van der Waals surface area contributed by atoms with Crippen LogP contribution in [0.1, 0.15) is 11.1 Å². The van der Waals surface area contributed by atoms with E-state index in [0.717, 1.165) is 22.6 Å². The van der Waals surface area contributed by atoms with E-state index in [1.807, 2.05) is 42.5 Å². The molecule has 27 heavy (non-hydrogen) atoms. The quantitative estimate of drug-likeness (QED) is 0.522. The maximum Gasteiger partial charge on any atom is 0.259 e. The minimum Gasteiger partial charge on any atom is -0.497 e. The zero-order valence-corrected chi connectivity index (χ0v) is 16.5. The van der Waals surface area contributed by atoms with Crippen molar-refractivity contribution in [2.24, 2.45) is 5.10 Å². The highest BCUT2D eigenvalue weighted by atomic mass is 32.2. The van der Waals surface area contributed by atoms with Gasteiger partial charge in [-0.1, -0.05) is 24.0 Å². The average molecular weight is 402 g/mol. The standard InChI is InChI=1S/C19H18N2O4S2/c1-23-15-4-6-16(7-5-15)25-11-14-9-13(3-8-17(14)24-2)10-20-21-18(22)12-27-19(21)26/h3-10H,11-12H2,1-2H3/b20-10-. The molecule has 140 valence electrons. The molecule has 1 heterocycles. The second-order valence-corrected chi connectivity index (χ2v) is 7.15. The van der Waals surface area contributed by atoms with Gasteiger partial charge in [-0.3, -0.25) is 4.79 Å². The average Bonchev–Trinajstić information content (AvgIpc) is 3.02. The molecule has 0 aliphatic carbocycles. The summed E-state index contributed by atoms with van der Waals surface area (Å²) in [5.41, 5.74) is 1.68. The number of amides is 1. The first-order valence-electron chi connectivity index (χ1n) is 8.08. The van der Waals surface area contributed by atoms with E-state index in [4.69, 9.17) is 26.4 Å². The van der Waals surface area contributed by atoms with Gasteiger partial charge in [0.2, 0.25) is 0 Å². The molecule has 0 unspecified atom stereocenters. The van der Waals surface area contributed by atoms with Crippen molar-refractivity contribution < 1.29 is 19.0 Å². The van der Waals surface area contributed by atoms with Crippen molar-refractivity contribution in [3.8, 4) is 17.2 Å². The number of carbonyl (C=O) groups excluding carboxylic acids is 1. The van der Waals surface area contributed by atoms with E-state index in [2.05, 4.69) is 5.10 Å². The zero-order chi connectivity index (χ0) is 19.2. The van der Waals surface area contributed by atoms with E-state index >= 15 is 0 Å². The molecule has 0 saturated carbocycles. The lowest BCUT2D eigenvalue weighted by atomic mass is 10.1. The first kappa shape index (κ1) is 19.2. The summed E-state index contributed by atoms with van der Waals surface area (Å²) in [6.07, 6.45) is 1.60. The Hall–Kier alpha value is -2.58. The molecule has 0 aromatic heterocycles. The van der Waals surface area contributed by atoms with E-state index in [-0.39, 0.29) is 5.91 Å². The van der Waals surface area contributed by atoms with Crippen molar-refractivity contribution in [1.82, 2.24) is 5.01 Å².